The van der Waals surface area contributed by atoms with E-state index in [0.29, 0.717) is 24.3 Å². The van der Waals surface area contributed by atoms with Gasteiger partial charge >= 0.3 is 0 Å². The van der Waals surface area contributed by atoms with Crippen LogP contribution in [0.4, 0.5) is 5.95 Å². The molecule has 0 aliphatic carbocycles. The van der Waals surface area contributed by atoms with Gasteiger partial charge in [-0.15, -0.1) is 0 Å². The molecule has 0 unspecified atom stereocenters. The largest absolute Gasteiger partial charge is 0.352 e. The average Bonchev–Trinajstić information content (AvgIpc) is 3.84. The Morgan fingerprint density at radius 2 is 1.49 bits per heavy atom. The van der Waals surface area contributed by atoms with Gasteiger partial charge in [-0.3, -0.25) is 9.59 Å². The molecule has 2 aliphatic rings. The molecule has 4 heterocycles. The molecular formula is C38H47N7O2. The van der Waals surface area contributed by atoms with E-state index in [1.54, 1.807) is 0 Å². The van der Waals surface area contributed by atoms with Gasteiger partial charge in [0.15, 0.2) is 0 Å². The number of nitrogens with zero attached hydrogens (tertiary/aromatic N) is 5. The minimum Gasteiger partial charge on any atom is -0.352 e. The van der Waals surface area contributed by atoms with Crippen molar-refractivity contribution in [2.24, 2.45) is 23.7 Å². The lowest BCUT2D eigenvalue weighted by atomic mass is 9.96. The number of anilines is 1. The van der Waals surface area contributed by atoms with Gasteiger partial charge in [0, 0.05) is 60.2 Å². The van der Waals surface area contributed by atoms with Gasteiger partial charge in [0.2, 0.25) is 17.8 Å². The van der Waals surface area contributed by atoms with Gasteiger partial charge in [-0.05, 0) is 73.9 Å². The molecule has 9 nitrogen and oxygen atoms in total. The highest BCUT2D eigenvalue weighted by Gasteiger charge is 2.35. The maximum atomic E-state index is 13.1. The van der Waals surface area contributed by atoms with Crippen molar-refractivity contribution in [2.45, 2.75) is 79.3 Å². The maximum absolute atomic E-state index is 13.1. The van der Waals surface area contributed by atoms with E-state index < -0.39 is 0 Å². The number of aromatic amines is 1. The fourth-order valence-corrected chi connectivity index (χ4v) is 6.56. The minimum atomic E-state index is -0.0127. The number of rotatable bonds is 8. The second-order valence-electron chi connectivity index (χ2n) is 14.0. The first kappa shape index (κ1) is 32.5. The van der Waals surface area contributed by atoms with Crippen LogP contribution in [0.15, 0.2) is 42.6 Å². The Hall–Kier alpha value is -4.45. The maximum Gasteiger partial charge on any atom is 0.226 e. The number of H-pyrrole nitrogens is 1. The first-order valence-electron chi connectivity index (χ1n) is 17.2. The van der Waals surface area contributed by atoms with Gasteiger partial charge < -0.3 is 20.1 Å². The monoisotopic (exact) mass is 633 g/mol. The van der Waals surface area contributed by atoms with Gasteiger partial charge in [-0.1, -0.05) is 53.4 Å². The molecule has 2 amide bonds. The lowest BCUT2D eigenvalue weighted by Gasteiger charge is -2.29. The molecule has 2 aromatic carbocycles. The summed E-state index contributed by atoms with van der Waals surface area (Å²) in [6.07, 6.45) is 5.76. The topological polar surface area (TPSA) is 107 Å². The summed E-state index contributed by atoms with van der Waals surface area (Å²) >= 11 is 0. The van der Waals surface area contributed by atoms with Crippen LogP contribution >= 0.6 is 0 Å². The van der Waals surface area contributed by atoms with Crippen LogP contribution < -0.4 is 5.32 Å². The van der Waals surface area contributed by atoms with Crippen molar-refractivity contribution >= 4 is 39.7 Å². The van der Waals surface area contributed by atoms with E-state index in [1.165, 1.54) is 0 Å². The van der Waals surface area contributed by atoms with E-state index in [0.717, 1.165) is 77.7 Å². The van der Waals surface area contributed by atoms with Gasteiger partial charge in [-0.25, -0.2) is 15.0 Å². The number of amides is 2. The van der Waals surface area contributed by atoms with Crippen LogP contribution in [0, 0.1) is 35.5 Å². The van der Waals surface area contributed by atoms with Gasteiger partial charge in [0.05, 0.1) is 22.6 Å². The molecule has 47 heavy (non-hydrogen) atoms. The van der Waals surface area contributed by atoms with E-state index in [-0.39, 0.29) is 35.7 Å². The third-order valence-electron chi connectivity index (χ3n) is 10.2. The molecule has 0 spiro atoms. The van der Waals surface area contributed by atoms with Crippen molar-refractivity contribution in [3.05, 3.63) is 59.5 Å². The fraction of sp³-hybridized carbons (Fsp3) is 0.500. The molecule has 2 fully saturated rings. The average molecular weight is 634 g/mol. The summed E-state index contributed by atoms with van der Waals surface area (Å²) in [5.41, 5.74) is 4.42. The second kappa shape index (κ2) is 13.7. The minimum absolute atomic E-state index is 0.00766. The highest BCUT2D eigenvalue weighted by molar-refractivity contribution is 5.82. The number of aromatic nitrogens is 4. The van der Waals surface area contributed by atoms with Crippen LogP contribution in [-0.4, -0.2) is 67.2 Å². The molecule has 9 heteroatoms. The van der Waals surface area contributed by atoms with E-state index >= 15 is 0 Å². The van der Waals surface area contributed by atoms with Gasteiger partial charge in [-0.2, -0.15) is 0 Å². The summed E-state index contributed by atoms with van der Waals surface area (Å²) in [4.78, 5) is 47.8. The summed E-state index contributed by atoms with van der Waals surface area (Å²) in [6, 6.07) is 12.1. The third kappa shape index (κ3) is 6.97. The van der Waals surface area contributed by atoms with Crippen molar-refractivity contribution < 1.29 is 9.59 Å². The number of carbonyl (C=O) groups is 2. The van der Waals surface area contributed by atoms with E-state index in [4.69, 9.17) is 9.97 Å². The Bertz CT molecular complexity index is 1830. The Balaban J connectivity index is 1.12. The smallest absolute Gasteiger partial charge is 0.226 e. The Labute approximate surface area is 277 Å². The van der Waals surface area contributed by atoms with Crippen molar-refractivity contribution in [3.63, 3.8) is 0 Å². The normalized spacial score (nSPS) is 19.4. The molecule has 2 aromatic heterocycles. The molecule has 246 valence electrons. The molecule has 2 saturated heterocycles. The third-order valence-corrected chi connectivity index (χ3v) is 10.2. The molecule has 2 N–H and O–H groups in total. The molecule has 0 radical (unpaired) electrons. The molecule has 4 aromatic rings. The van der Waals surface area contributed by atoms with Crippen molar-refractivity contribution in [1.82, 2.24) is 29.7 Å². The zero-order valence-electron chi connectivity index (χ0n) is 28.5. The Morgan fingerprint density at radius 1 is 0.851 bits per heavy atom. The zero-order chi connectivity index (χ0) is 33.2. The van der Waals surface area contributed by atoms with Crippen molar-refractivity contribution in [1.29, 1.82) is 0 Å². The van der Waals surface area contributed by atoms with Crippen molar-refractivity contribution in [3.8, 4) is 11.8 Å². The molecule has 4 atom stereocenters. The van der Waals surface area contributed by atoms with Crippen LogP contribution in [0.3, 0.4) is 0 Å². The molecule has 2 aliphatic heterocycles. The predicted octanol–water partition coefficient (Wildman–Crippen LogP) is 6.56. The Morgan fingerprint density at radius 3 is 2.21 bits per heavy atom. The van der Waals surface area contributed by atoms with Crippen LogP contribution in [0.2, 0.25) is 0 Å². The van der Waals surface area contributed by atoms with Crippen LogP contribution in [-0.2, 0) is 9.59 Å². The second-order valence-corrected chi connectivity index (χ2v) is 14.0. The van der Waals surface area contributed by atoms with Crippen LogP contribution in [0.25, 0.3) is 21.9 Å². The zero-order valence-corrected chi connectivity index (χ0v) is 28.5. The first-order valence-corrected chi connectivity index (χ1v) is 17.2. The number of carbonyl (C=O) groups excluding carboxylic acids is 2. The van der Waals surface area contributed by atoms with E-state index in [1.807, 2.05) is 66.2 Å². The van der Waals surface area contributed by atoms with Crippen LogP contribution in [0.5, 0.6) is 0 Å². The standard InChI is InChI=1S/C38H47N7O2/c1-23(2)25(5)36(46)44-17-7-9-30(44)22-40-38-39-21-29-19-27(13-15-31(29)43-38)11-12-28-14-16-32-33(20-28)42-35(41-32)34-10-8-18-45(34)37(47)26(6)24(3)4/h13-16,19-21,23-26,30,34H,7-10,17-18,22H2,1-6H3,(H,41,42)(H,39,40,43)/t25-,26-,30-,34-/m0/s1. The highest BCUT2D eigenvalue weighted by Crippen LogP contribution is 2.33. The number of nitrogens with one attached hydrogen (secondary N) is 2. The Kier molecular flexibility index (Phi) is 9.49. The first-order chi connectivity index (χ1) is 22.6. The number of fused-ring (bicyclic) bond motifs is 2. The number of hydrogen-bond donors (Lipinski definition) is 2. The number of likely N-dealkylation sites (tertiary alicyclic amines) is 2. The molecule has 0 saturated carbocycles. The molecular weight excluding hydrogens is 586 g/mol. The molecule has 6 rings (SSSR count). The fourth-order valence-electron chi connectivity index (χ4n) is 6.56. The van der Waals surface area contributed by atoms with Crippen LogP contribution in [0.1, 0.15) is 90.2 Å². The van der Waals surface area contributed by atoms with Gasteiger partial charge in [0.1, 0.15) is 5.82 Å². The summed E-state index contributed by atoms with van der Waals surface area (Å²) in [6.45, 7) is 14.7. The lowest BCUT2D eigenvalue weighted by Crippen LogP contribution is -2.43. The van der Waals surface area contributed by atoms with E-state index in [9.17, 15) is 9.59 Å². The quantitative estimate of drug-likeness (QED) is 0.213. The number of hydrogen-bond acceptors (Lipinski definition) is 6. The lowest BCUT2D eigenvalue weighted by molar-refractivity contribution is -0.138. The SMILES string of the molecule is CC(C)[C@H](C)C(=O)N1CCC[C@H]1CNc1ncc2cc(C#Cc3ccc4nc([C@@H]5CCCN5C(=O)[C@@H](C)C(C)C)[nH]c4c3)ccc2n1. The summed E-state index contributed by atoms with van der Waals surface area (Å²) in [7, 11) is 0. The number of benzene rings is 2. The summed E-state index contributed by atoms with van der Waals surface area (Å²) in [5.74, 6) is 9.11. The summed E-state index contributed by atoms with van der Waals surface area (Å²) in [5, 5.41) is 4.29. The number of imidazole rings is 1. The molecule has 0 bridgehead atoms. The van der Waals surface area contributed by atoms with Crippen molar-refractivity contribution in [2.75, 3.05) is 25.0 Å². The summed E-state index contributed by atoms with van der Waals surface area (Å²) < 4.78 is 0. The highest BCUT2D eigenvalue weighted by atomic mass is 16.2. The van der Waals surface area contributed by atoms with Gasteiger partial charge in [0.25, 0.3) is 0 Å². The predicted molar refractivity (Wildman–Crippen MR) is 187 cm³/mol. The van der Waals surface area contributed by atoms with E-state index in [2.05, 4.69) is 54.8 Å².